The number of benzene rings is 1. The van der Waals surface area contributed by atoms with Gasteiger partial charge in [-0.3, -0.25) is 9.59 Å². The van der Waals surface area contributed by atoms with Crippen molar-refractivity contribution in [1.29, 1.82) is 0 Å². The zero-order valence-corrected chi connectivity index (χ0v) is 11.2. The fourth-order valence-electron chi connectivity index (χ4n) is 2.13. The molecule has 0 fully saturated rings. The largest absolute Gasteiger partial charge is 0.324 e. The molecule has 1 aliphatic heterocycles. The van der Waals surface area contributed by atoms with Gasteiger partial charge in [0.2, 0.25) is 5.91 Å². The van der Waals surface area contributed by atoms with Crippen molar-refractivity contribution in [3.63, 3.8) is 0 Å². The Balaban J connectivity index is 2.04. The van der Waals surface area contributed by atoms with Gasteiger partial charge >= 0.3 is 0 Å². The fraction of sp³-hybridized carbons (Fsp3) is 0.143. The highest BCUT2D eigenvalue weighted by molar-refractivity contribution is 7.12. The lowest BCUT2D eigenvalue weighted by Crippen LogP contribution is -2.31. The van der Waals surface area contributed by atoms with Crippen molar-refractivity contribution < 1.29 is 14.0 Å². The number of rotatable bonds is 1. The van der Waals surface area contributed by atoms with Crippen molar-refractivity contribution >= 4 is 34.5 Å². The van der Waals surface area contributed by atoms with Gasteiger partial charge in [0, 0.05) is 13.0 Å². The zero-order valence-electron chi connectivity index (χ0n) is 10.4. The summed E-state index contributed by atoms with van der Waals surface area (Å²) in [5.41, 5.74) is 0.855. The molecule has 1 aliphatic rings. The van der Waals surface area contributed by atoms with Crippen LogP contribution in [0.4, 0.5) is 15.8 Å². The van der Waals surface area contributed by atoms with Gasteiger partial charge in [-0.05, 0) is 29.6 Å². The average Bonchev–Trinajstić information content (AvgIpc) is 2.89. The summed E-state index contributed by atoms with van der Waals surface area (Å²) in [5.74, 6) is -0.850. The minimum absolute atomic E-state index is 0.177. The van der Waals surface area contributed by atoms with Gasteiger partial charge in [0.15, 0.2) is 0 Å². The minimum Gasteiger partial charge on any atom is -0.324 e. The number of nitrogens with zero attached hydrogens (tertiary/aromatic N) is 1. The van der Waals surface area contributed by atoms with Crippen LogP contribution >= 0.6 is 11.3 Å². The molecule has 2 heterocycles. The van der Waals surface area contributed by atoms with Gasteiger partial charge in [0.25, 0.3) is 5.91 Å². The summed E-state index contributed by atoms with van der Waals surface area (Å²) in [6, 6.07) is 7.56. The number of nitrogens with one attached hydrogen (secondary N) is 1. The molecule has 0 spiro atoms. The summed E-state index contributed by atoms with van der Waals surface area (Å²) in [4.78, 5) is 26.2. The van der Waals surface area contributed by atoms with E-state index in [2.05, 4.69) is 5.32 Å². The summed E-state index contributed by atoms with van der Waals surface area (Å²) < 4.78 is 13.3. The highest BCUT2D eigenvalue weighted by Crippen LogP contribution is 2.31. The van der Waals surface area contributed by atoms with E-state index < -0.39 is 5.82 Å². The van der Waals surface area contributed by atoms with Crippen molar-refractivity contribution in [3.8, 4) is 0 Å². The van der Waals surface area contributed by atoms with Crippen LogP contribution in [0.1, 0.15) is 16.1 Å². The highest BCUT2D eigenvalue weighted by atomic mass is 32.1. The molecule has 102 valence electrons. The number of fused-ring (bicyclic) bond motifs is 1. The van der Waals surface area contributed by atoms with Crippen LogP contribution in [0.2, 0.25) is 0 Å². The van der Waals surface area contributed by atoms with Crippen LogP contribution in [0.5, 0.6) is 0 Å². The van der Waals surface area contributed by atoms with E-state index >= 15 is 0 Å². The summed E-state index contributed by atoms with van der Waals surface area (Å²) in [5, 5.41) is 4.44. The molecule has 0 unspecified atom stereocenters. The molecular formula is C14H11FN2O2S. The molecule has 4 nitrogen and oxygen atoms in total. The summed E-state index contributed by atoms with van der Waals surface area (Å²) in [6.45, 7) is 0.279. The molecule has 0 bridgehead atoms. The lowest BCUT2D eigenvalue weighted by atomic mass is 10.2. The van der Waals surface area contributed by atoms with Crippen molar-refractivity contribution in [2.45, 2.75) is 6.42 Å². The second-order valence-corrected chi connectivity index (χ2v) is 5.34. The molecule has 0 saturated carbocycles. The van der Waals surface area contributed by atoms with E-state index in [1.165, 1.54) is 34.4 Å². The van der Waals surface area contributed by atoms with Gasteiger partial charge in [-0.1, -0.05) is 6.07 Å². The zero-order chi connectivity index (χ0) is 14.1. The Morgan fingerprint density at radius 1 is 1.35 bits per heavy atom. The molecule has 2 amide bonds. The molecular weight excluding hydrogens is 279 g/mol. The van der Waals surface area contributed by atoms with E-state index in [-0.39, 0.29) is 24.8 Å². The lowest BCUT2D eigenvalue weighted by Gasteiger charge is -2.21. The predicted molar refractivity (Wildman–Crippen MR) is 75.6 cm³/mol. The van der Waals surface area contributed by atoms with Crippen LogP contribution < -0.4 is 10.2 Å². The minimum atomic E-state index is -0.450. The number of amides is 2. The quantitative estimate of drug-likeness (QED) is 0.878. The van der Waals surface area contributed by atoms with Gasteiger partial charge in [-0.15, -0.1) is 11.3 Å². The first-order valence-corrected chi connectivity index (χ1v) is 6.98. The Hall–Kier alpha value is -2.21. The first-order chi connectivity index (χ1) is 9.65. The molecule has 1 N–H and O–H groups in total. The molecule has 2 aromatic rings. The number of carbonyl (C=O) groups is 2. The van der Waals surface area contributed by atoms with E-state index in [0.717, 1.165) is 0 Å². The standard InChI is InChI=1S/C14H11FN2O2S/c15-9-3-4-11-10(8-9)16-13(18)5-6-17(11)14(19)12-2-1-7-20-12/h1-4,7-8H,5-6H2,(H,16,18). The van der Waals surface area contributed by atoms with E-state index in [9.17, 15) is 14.0 Å². The summed E-state index contributed by atoms with van der Waals surface area (Å²) in [7, 11) is 0. The first-order valence-electron chi connectivity index (χ1n) is 6.10. The molecule has 6 heteroatoms. The van der Waals surface area contributed by atoms with Crippen molar-refractivity contribution in [3.05, 3.63) is 46.4 Å². The second kappa shape index (κ2) is 5.05. The summed E-state index contributed by atoms with van der Waals surface area (Å²) in [6.07, 6.45) is 0.188. The molecule has 20 heavy (non-hydrogen) atoms. The number of carbonyl (C=O) groups excluding carboxylic acids is 2. The molecule has 1 aromatic carbocycles. The second-order valence-electron chi connectivity index (χ2n) is 4.39. The lowest BCUT2D eigenvalue weighted by molar-refractivity contribution is -0.115. The molecule has 1 aromatic heterocycles. The van der Waals surface area contributed by atoms with Crippen LogP contribution in [-0.2, 0) is 4.79 Å². The third kappa shape index (κ3) is 2.30. The molecule has 0 radical (unpaired) electrons. The van der Waals surface area contributed by atoms with Gasteiger partial charge in [-0.2, -0.15) is 0 Å². The molecule has 0 atom stereocenters. The van der Waals surface area contributed by atoms with Crippen molar-refractivity contribution in [2.24, 2.45) is 0 Å². The maximum atomic E-state index is 13.3. The SMILES string of the molecule is O=C1CCN(C(=O)c2cccs2)c2ccc(F)cc2N1. The number of thiophene rings is 1. The Morgan fingerprint density at radius 2 is 2.20 bits per heavy atom. The third-order valence-electron chi connectivity index (χ3n) is 3.06. The first kappa shape index (κ1) is 12.8. The van der Waals surface area contributed by atoms with Crippen LogP contribution in [-0.4, -0.2) is 18.4 Å². The number of halogens is 1. The van der Waals surface area contributed by atoms with Crippen LogP contribution in [0, 0.1) is 5.82 Å². The monoisotopic (exact) mass is 290 g/mol. The Kier molecular flexibility index (Phi) is 3.23. The van der Waals surface area contributed by atoms with Gasteiger partial charge in [-0.25, -0.2) is 4.39 Å². The van der Waals surface area contributed by atoms with E-state index in [1.54, 1.807) is 12.1 Å². The highest BCUT2D eigenvalue weighted by Gasteiger charge is 2.25. The Bertz CT molecular complexity index is 670. The van der Waals surface area contributed by atoms with E-state index in [1.807, 2.05) is 5.38 Å². The van der Waals surface area contributed by atoms with E-state index in [4.69, 9.17) is 0 Å². The van der Waals surface area contributed by atoms with E-state index in [0.29, 0.717) is 16.3 Å². The van der Waals surface area contributed by atoms with Crippen molar-refractivity contribution in [2.75, 3.05) is 16.8 Å². The predicted octanol–water partition coefficient (Wildman–Crippen LogP) is 2.88. The summed E-state index contributed by atoms with van der Waals surface area (Å²) >= 11 is 1.34. The van der Waals surface area contributed by atoms with Crippen LogP contribution in [0.25, 0.3) is 0 Å². The molecule has 0 saturated heterocycles. The van der Waals surface area contributed by atoms with Crippen LogP contribution in [0.15, 0.2) is 35.7 Å². The average molecular weight is 290 g/mol. The molecule has 3 rings (SSSR count). The maximum Gasteiger partial charge on any atom is 0.268 e. The Morgan fingerprint density at radius 3 is 2.95 bits per heavy atom. The van der Waals surface area contributed by atoms with Crippen molar-refractivity contribution in [1.82, 2.24) is 0 Å². The number of hydrogen-bond acceptors (Lipinski definition) is 3. The molecule has 0 aliphatic carbocycles. The topological polar surface area (TPSA) is 49.4 Å². The van der Waals surface area contributed by atoms with Gasteiger partial charge in [0.05, 0.1) is 16.3 Å². The smallest absolute Gasteiger partial charge is 0.268 e. The number of anilines is 2. The third-order valence-corrected chi connectivity index (χ3v) is 3.92. The Labute approximate surface area is 118 Å². The fourth-order valence-corrected chi connectivity index (χ4v) is 2.81. The van der Waals surface area contributed by atoms with Crippen LogP contribution in [0.3, 0.4) is 0 Å². The van der Waals surface area contributed by atoms with Gasteiger partial charge in [0.1, 0.15) is 5.82 Å². The normalized spacial score (nSPS) is 14.4. The maximum absolute atomic E-state index is 13.3. The number of hydrogen-bond donors (Lipinski definition) is 1. The van der Waals surface area contributed by atoms with Gasteiger partial charge < -0.3 is 10.2 Å².